The first kappa shape index (κ1) is 15.7. The molecule has 0 aliphatic heterocycles. The molecule has 18 heavy (non-hydrogen) atoms. The number of hydrogen-bond donors (Lipinski definition) is 1. The maximum atomic E-state index is 14.3. The lowest BCUT2D eigenvalue weighted by atomic mass is 9.42. The van der Waals surface area contributed by atoms with Crippen molar-refractivity contribution in [2.24, 2.45) is 22.7 Å². The molecule has 1 aliphatic carbocycles. The standard InChI is InChI=1S/C13H22F4O/c1-7(2)8(18)12(14,15)9-10(3,4)13(16,17)11(9,5)6/h7-9,18H,1-6H3/t8-/m1/s1. The second-order valence-electron chi connectivity index (χ2n) is 6.81. The van der Waals surface area contributed by atoms with Crippen LogP contribution in [-0.4, -0.2) is 23.1 Å². The Bertz CT molecular complexity index is 316. The number of alkyl halides is 4. The molecule has 1 atom stereocenters. The minimum absolute atomic E-state index is 0.680. The van der Waals surface area contributed by atoms with Gasteiger partial charge in [-0.3, -0.25) is 0 Å². The normalized spacial score (nSPS) is 28.0. The van der Waals surface area contributed by atoms with Crippen molar-refractivity contribution in [1.29, 1.82) is 0 Å². The molecule has 1 saturated carbocycles. The molecule has 5 heteroatoms. The quantitative estimate of drug-likeness (QED) is 0.770. The van der Waals surface area contributed by atoms with Crippen LogP contribution in [0.25, 0.3) is 0 Å². The summed E-state index contributed by atoms with van der Waals surface area (Å²) in [6, 6.07) is 0. The van der Waals surface area contributed by atoms with Crippen LogP contribution >= 0.6 is 0 Å². The summed E-state index contributed by atoms with van der Waals surface area (Å²) in [5, 5.41) is 9.63. The summed E-state index contributed by atoms with van der Waals surface area (Å²) in [6.45, 7) is 7.48. The molecular formula is C13H22F4O. The van der Waals surface area contributed by atoms with E-state index in [0.717, 1.165) is 27.7 Å². The van der Waals surface area contributed by atoms with E-state index in [1.54, 1.807) is 0 Å². The molecule has 0 aromatic heterocycles. The van der Waals surface area contributed by atoms with Crippen molar-refractivity contribution in [2.75, 3.05) is 0 Å². The fourth-order valence-corrected chi connectivity index (χ4v) is 3.59. The van der Waals surface area contributed by atoms with Crippen molar-refractivity contribution in [3.8, 4) is 0 Å². The molecule has 1 fully saturated rings. The first-order valence-corrected chi connectivity index (χ1v) is 6.16. The molecule has 0 aromatic carbocycles. The third-order valence-corrected chi connectivity index (χ3v) is 4.47. The van der Waals surface area contributed by atoms with E-state index in [0.29, 0.717) is 0 Å². The number of hydrogen-bond acceptors (Lipinski definition) is 1. The minimum atomic E-state index is -3.52. The highest BCUT2D eigenvalue weighted by Crippen LogP contribution is 2.72. The zero-order chi connectivity index (χ0) is 14.7. The first-order chi connectivity index (χ1) is 7.72. The Hall–Kier alpha value is -0.320. The van der Waals surface area contributed by atoms with Crippen LogP contribution in [0, 0.1) is 22.7 Å². The van der Waals surface area contributed by atoms with Gasteiger partial charge in [0.15, 0.2) is 0 Å². The lowest BCUT2D eigenvalue weighted by molar-refractivity contribution is -0.383. The summed E-state index contributed by atoms with van der Waals surface area (Å²) < 4.78 is 56.4. The average Bonchev–Trinajstić information content (AvgIpc) is 2.13. The van der Waals surface area contributed by atoms with Crippen LogP contribution in [0.4, 0.5) is 17.6 Å². The van der Waals surface area contributed by atoms with Gasteiger partial charge in [-0.15, -0.1) is 0 Å². The van der Waals surface area contributed by atoms with Crippen molar-refractivity contribution in [3.63, 3.8) is 0 Å². The number of rotatable bonds is 3. The molecule has 0 amide bonds. The van der Waals surface area contributed by atoms with Crippen molar-refractivity contribution < 1.29 is 22.7 Å². The van der Waals surface area contributed by atoms with Crippen LogP contribution in [0.15, 0.2) is 0 Å². The van der Waals surface area contributed by atoms with Crippen LogP contribution in [0.2, 0.25) is 0 Å². The maximum absolute atomic E-state index is 14.3. The van der Waals surface area contributed by atoms with Gasteiger partial charge in [0.2, 0.25) is 0 Å². The van der Waals surface area contributed by atoms with E-state index in [1.165, 1.54) is 13.8 Å². The van der Waals surface area contributed by atoms with Crippen molar-refractivity contribution >= 4 is 0 Å². The number of aliphatic hydroxyl groups is 1. The summed E-state index contributed by atoms with van der Waals surface area (Å²) in [6.07, 6.45) is -1.91. The monoisotopic (exact) mass is 270 g/mol. The zero-order valence-electron chi connectivity index (χ0n) is 11.7. The Kier molecular flexibility index (Phi) is 3.36. The van der Waals surface area contributed by atoms with E-state index < -0.39 is 40.6 Å². The highest BCUT2D eigenvalue weighted by atomic mass is 19.3. The predicted molar refractivity (Wildman–Crippen MR) is 61.8 cm³/mol. The summed E-state index contributed by atoms with van der Waals surface area (Å²) in [7, 11) is 0. The average molecular weight is 270 g/mol. The van der Waals surface area contributed by atoms with Crippen LogP contribution in [0.5, 0.6) is 0 Å². The van der Waals surface area contributed by atoms with E-state index in [-0.39, 0.29) is 0 Å². The second-order valence-corrected chi connectivity index (χ2v) is 6.81. The molecular weight excluding hydrogens is 248 g/mol. The summed E-state index contributed by atoms with van der Waals surface area (Å²) in [5.74, 6) is -8.93. The van der Waals surface area contributed by atoms with Crippen molar-refractivity contribution in [2.45, 2.75) is 59.5 Å². The van der Waals surface area contributed by atoms with Gasteiger partial charge in [0, 0.05) is 16.7 Å². The molecule has 0 radical (unpaired) electrons. The minimum Gasteiger partial charge on any atom is -0.387 e. The van der Waals surface area contributed by atoms with Crippen LogP contribution in [-0.2, 0) is 0 Å². The van der Waals surface area contributed by atoms with Crippen LogP contribution in [0.1, 0.15) is 41.5 Å². The largest absolute Gasteiger partial charge is 0.387 e. The molecule has 1 N–H and O–H groups in total. The van der Waals surface area contributed by atoms with E-state index in [1.807, 2.05) is 0 Å². The second kappa shape index (κ2) is 3.84. The molecule has 1 nitrogen and oxygen atoms in total. The predicted octanol–water partition coefficient (Wildman–Crippen LogP) is 3.96. The van der Waals surface area contributed by atoms with E-state index in [2.05, 4.69) is 0 Å². The number of aliphatic hydroxyl groups excluding tert-OH is 1. The topological polar surface area (TPSA) is 20.2 Å². The first-order valence-electron chi connectivity index (χ1n) is 6.16. The van der Waals surface area contributed by atoms with Crippen LogP contribution < -0.4 is 0 Å². The van der Waals surface area contributed by atoms with Gasteiger partial charge in [-0.1, -0.05) is 41.5 Å². The fraction of sp³-hybridized carbons (Fsp3) is 1.00. The summed E-state index contributed by atoms with van der Waals surface area (Å²) in [5.41, 5.74) is -3.65. The molecule has 0 aromatic rings. The Morgan fingerprint density at radius 2 is 1.33 bits per heavy atom. The third-order valence-electron chi connectivity index (χ3n) is 4.47. The van der Waals surface area contributed by atoms with E-state index in [4.69, 9.17) is 0 Å². The summed E-state index contributed by atoms with van der Waals surface area (Å²) in [4.78, 5) is 0. The Labute approximate surface area is 106 Å². The molecule has 0 heterocycles. The van der Waals surface area contributed by atoms with Crippen LogP contribution in [0.3, 0.4) is 0 Å². The van der Waals surface area contributed by atoms with Gasteiger partial charge in [-0.05, 0) is 5.92 Å². The third kappa shape index (κ3) is 1.62. The highest BCUT2D eigenvalue weighted by molar-refractivity contribution is 5.19. The van der Waals surface area contributed by atoms with Crippen molar-refractivity contribution in [3.05, 3.63) is 0 Å². The Morgan fingerprint density at radius 1 is 1.00 bits per heavy atom. The fourth-order valence-electron chi connectivity index (χ4n) is 3.59. The Morgan fingerprint density at radius 3 is 1.61 bits per heavy atom. The zero-order valence-corrected chi connectivity index (χ0v) is 11.7. The molecule has 1 rings (SSSR count). The van der Waals surface area contributed by atoms with Gasteiger partial charge in [-0.25, -0.2) is 17.6 Å². The Balaban J connectivity index is 3.19. The maximum Gasteiger partial charge on any atom is 0.277 e. The van der Waals surface area contributed by atoms with Crippen molar-refractivity contribution in [1.82, 2.24) is 0 Å². The van der Waals surface area contributed by atoms with E-state index >= 15 is 0 Å². The lowest BCUT2D eigenvalue weighted by Gasteiger charge is -2.65. The number of halogens is 4. The molecule has 0 saturated heterocycles. The van der Waals surface area contributed by atoms with Gasteiger partial charge in [-0.2, -0.15) is 0 Å². The molecule has 108 valence electrons. The lowest BCUT2D eigenvalue weighted by Crippen LogP contribution is -2.75. The smallest absolute Gasteiger partial charge is 0.277 e. The SMILES string of the molecule is CC(C)[C@@H](O)C(F)(F)C1C(C)(C)C(F)(F)C1(C)C. The van der Waals surface area contributed by atoms with Gasteiger partial charge >= 0.3 is 0 Å². The van der Waals surface area contributed by atoms with Gasteiger partial charge < -0.3 is 5.11 Å². The van der Waals surface area contributed by atoms with Gasteiger partial charge in [0.25, 0.3) is 11.8 Å². The molecule has 0 unspecified atom stereocenters. The van der Waals surface area contributed by atoms with Gasteiger partial charge in [0.05, 0.1) is 0 Å². The highest BCUT2D eigenvalue weighted by Gasteiger charge is 2.81. The van der Waals surface area contributed by atoms with Gasteiger partial charge in [0.1, 0.15) is 6.10 Å². The molecule has 0 bridgehead atoms. The molecule has 0 spiro atoms. The van der Waals surface area contributed by atoms with E-state index in [9.17, 15) is 22.7 Å². The molecule has 1 aliphatic rings. The summed E-state index contributed by atoms with van der Waals surface area (Å²) >= 11 is 0.